The predicted octanol–water partition coefficient (Wildman–Crippen LogP) is 2.66. The van der Waals surface area contributed by atoms with E-state index in [0.29, 0.717) is 0 Å². The van der Waals surface area contributed by atoms with Gasteiger partial charge in [0.15, 0.2) is 0 Å². The number of carbonyl (C=O) groups is 2. The molecule has 108 valence electrons. The summed E-state index contributed by atoms with van der Waals surface area (Å²) < 4.78 is 0. The summed E-state index contributed by atoms with van der Waals surface area (Å²) in [6, 6.07) is 13.8. The lowest BCUT2D eigenvalue weighted by molar-refractivity contribution is 0.0690. The predicted molar refractivity (Wildman–Crippen MR) is 78.1 cm³/mol. The third-order valence-electron chi connectivity index (χ3n) is 3.12. The van der Waals surface area contributed by atoms with Gasteiger partial charge in [-0.15, -0.1) is 0 Å². The van der Waals surface area contributed by atoms with E-state index in [1.54, 1.807) is 0 Å². The highest BCUT2D eigenvalue weighted by atomic mass is 16.4. The van der Waals surface area contributed by atoms with Crippen LogP contribution in [0.4, 0.5) is 0 Å². The summed E-state index contributed by atoms with van der Waals surface area (Å²) in [5.41, 5.74) is 0.961. The smallest absolute Gasteiger partial charge is 0.354 e. The largest absolute Gasteiger partial charge is 0.477 e. The van der Waals surface area contributed by atoms with E-state index in [-0.39, 0.29) is 23.3 Å². The third-order valence-corrected chi connectivity index (χ3v) is 3.12. The second kappa shape index (κ2) is 6.65. The number of nitrogens with zero attached hydrogens (tertiary/aromatic N) is 1. The Bertz CT molecular complexity index is 641. The molecule has 0 saturated heterocycles. The van der Waals surface area contributed by atoms with Crippen molar-refractivity contribution < 1.29 is 14.7 Å². The van der Waals surface area contributed by atoms with Crippen LogP contribution >= 0.6 is 0 Å². The topological polar surface area (TPSA) is 79.3 Å². The number of carboxylic acid groups (broad SMARTS) is 1. The highest BCUT2D eigenvalue weighted by Gasteiger charge is 2.16. The van der Waals surface area contributed by atoms with Gasteiger partial charge in [0.25, 0.3) is 5.91 Å². The third kappa shape index (κ3) is 3.66. The molecule has 0 saturated carbocycles. The second-order valence-electron chi connectivity index (χ2n) is 4.56. The Balaban J connectivity index is 2.17. The lowest BCUT2D eigenvalue weighted by atomic mass is 10.0. The van der Waals surface area contributed by atoms with Gasteiger partial charge in [-0.3, -0.25) is 4.79 Å². The fraction of sp³-hybridized carbons (Fsp3) is 0.188. The zero-order valence-corrected chi connectivity index (χ0v) is 11.6. The van der Waals surface area contributed by atoms with Crippen molar-refractivity contribution >= 4 is 11.9 Å². The summed E-state index contributed by atoms with van der Waals surface area (Å²) in [6.07, 6.45) is 0.731. The van der Waals surface area contributed by atoms with Crippen LogP contribution in [-0.2, 0) is 0 Å². The van der Waals surface area contributed by atoms with E-state index in [2.05, 4.69) is 10.3 Å². The lowest BCUT2D eigenvalue weighted by Crippen LogP contribution is -2.29. The van der Waals surface area contributed by atoms with E-state index >= 15 is 0 Å². The van der Waals surface area contributed by atoms with Crippen molar-refractivity contribution in [2.75, 3.05) is 0 Å². The van der Waals surface area contributed by atoms with Gasteiger partial charge >= 0.3 is 5.97 Å². The normalized spacial score (nSPS) is 11.7. The van der Waals surface area contributed by atoms with Gasteiger partial charge < -0.3 is 10.4 Å². The zero-order valence-electron chi connectivity index (χ0n) is 11.6. The average Bonchev–Trinajstić information content (AvgIpc) is 2.53. The van der Waals surface area contributed by atoms with Gasteiger partial charge in [0, 0.05) is 0 Å². The van der Waals surface area contributed by atoms with Crippen molar-refractivity contribution in [3.05, 3.63) is 65.5 Å². The highest BCUT2D eigenvalue weighted by molar-refractivity contribution is 5.94. The van der Waals surface area contributed by atoms with Gasteiger partial charge in [-0.05, 0) is 24.1 Å². The SMILES string of the molecule is CCC(NC(=O)c1cccc(C(=O)O)n1)c1ccccc1. The monoisotopic (exact) mass is 284 g/mol. The molecule has 2 rings (SSSR count). The van der Waals surface area contributed by atoms with Crippen LogP contribution in [0.5, 0.6) is 0 Å². The number of amides is 1. The summed E-state index contributed by atoms with van der Waals surface area (Å²) in [4.78, 5) is 26.9. The molecule has 0 aliphatic carbocycles. The lowest BCUT2D eigenvalue weighted by Gasteiger charge is -2.17. The molecule has 2 aromatic rings. The molecule has 0 radical (unpaired) electrons. The van der Waals surface area contributed by atoms with E-state index in [9.17, 15) is 9.59 Å². The van der Waals surface area contributed by atoms with Crippen LogP contribution in [-0.4, -0.2) is 22.0 Å². The molecule has 1 aromatic heterocycles. The molecule has 1 amide bonds. The Kier molecular flexibility index (Phi) is 4.66. The number of aromatic carboxylic acids is 1. The average molecular weight is 284 g/mol. The summed E-state index contributed by atoms with van der Waals surface area (Å²) in [7, 11) is 0. The molecule has 2 N–H and O–H groups in total. The first-order chi connectivity index (χ1) is 10.1. The first-order valence-corrected chi connectivity index (χ1v) is 6.68. The van der Waals surface area contributed by atoms with Gasteiger partial charge in [0.1, 0.15) is 11.4 Å². The Morgan fingerprint density at radius 2 is 1.76 bits per heavy atom. The Morgan fingerprint density at radius 1 is 1.10 bits per heavy atom. The first kappa shape index (κ1) is 14.7. The van der Waals surface area contributed by atoms with Crippen LogP contribution in [0.25, 0.3) is 0 Å². The fourth-order valence-corrected chi connectivity index (χ4v) is 2.02. The summed E-state index contributed by atoms with van der Waals surface area (Å²) in [6.45, 7) is 1.97. The number of carbonyl (C=O) groups excluding carboxylic acids is 1. The van der Waals surface area contributed by atoms with Gasteiger partial charge in [0.05, 0.1) is 6.04 Å². The van der Waals surface area contributed by atoms with Crippen molar-refractivity contribution in [3.8, 4) is 0 Å². The molecule has 5 nitrogen and oxygen atoms in total. The number of rotatable bonds is 5. The van der Waals surface area contributed by atoms with Crippen molar-refractivity contribution in [1.82, 2.24) is 10.3 Å². The molecule has 0 fully saturated rings. The minimum atomic E-state index is -1.15. The van der Waals surface area contributed by atoms with E-state index in [1.165, 1.54) is 18.2 Å². The quantitative estimate of drug-likeness (QED) is 0.884. The van der Waals surface area contributed by atoms with Crippen molar-refractivity contribution in [1.29, 1.82) is 0 Å². The van der Waals surface area contributed by atoms with E-state index in [1.807, 2.05) is 37.3 Å². The molecule has 1 unspecified atom stereocenters. The molecule has 1 heterocycles. The van der Waals surface area contributed by atoms with Crippen molar-refractivity contribution in [2.45, 2.75) is 19.4 Å². The van der Waals surface area contributed by atoms with Crippen LogP contribution in [0, 0.1) is 0 Å². The number of benzene rings is 1. The minimum absolute atomic E-state index is 0.101. The molecule has 0 aliphatic rings. The van der Waals surface area contributed by atoms with Gasteiger partial charge in [-0.25, -0.2) is 9.78 Å². The maximum absolute atomic E-state index is 12.2. The molecule has 0 aliphatic heterocycles. The number of pyridine rings is 1. The number of carboxylic acids is 1. The van der Waals surface area contributed by atoms with Crippen molar-refractivity contribution in [2.24, 2.45) is 0 Å². The number of nitrogens with one attached hydrogen (secondary N) is 1. The van der Waals surface area contributed by atoms with Crippen LogP contribution < -0.4 is 5.32 Å². The Labute approximate surface area is 122 Å². The Morgan fingerprint density at radius 3 is 2.38 bits per heavy atom. The first-order valence-electron chi connectivity index (χ1n) is 6.68. The maximum Gasteiger partial charge on any atom is 0.354 e. The molecule has 1 aromatic carbocycles. The maximum atomic E-state index is 12.2. The molecule has 21 heavy (non-hydrogen) atoms. The second-order valence-corrected chi connectivity index (χ2v) is 4.56. The Hall–Kier alpha value is -2.69. The minimum Gasteiger partial charge on any atom is -0.477 e. The van der Waals surface area contributed by atoms with Crippen LogP contribution in [0.2, 0.25) is 0 Å². The van der Waals surface area contributed by atoms with E-state index < -0.39 is 5.97 Å². The molecule has 0 bridgehead atoms. The molecular formula is C16H16N2O3. The number of aromatic nitrogens is 1. The fourth-order valence-electron chi connectivity index (χ4n) is 2.02. The van der Waals surface area contributed by atoms with Crippen LogP contribution in [0.15, 0.2) is 48.5 Å². The van der Waals surface area contributed by atoms with Crippen molar-refractivity contribution in [3.63, 3.8) is 0 Å². The molecular weight excluding hydrogens is 268 g/mol. The standard InChI is InChI=1S/C16H16N2O3/c1-2-12(11-7-4-3-5-8-11)18-15(19)13-9-6-10-14(17-13)16(20)21/h3-10,12H,2H2,1H3,(H,18,19)(H,20,21). The molecule has 0 spiro atoms. The van der Waals surface area contributed by atoms with Gasteiger partial charge in [-0.1, -0.05) is 43.3 Å². The van der Waals surface area contributed by atoms with Gasteiger partial charge in [0.2, 0.25) is 0 Å². The molecule has 5 heteroatoms. The van der Waals surface area contributed by atoms with Gasteiger partial charge in [-0.2, -0.15) is 0 Å². The van der Waals surface area contributed by atoms with Crippen LogP contribution in [0.3, 0.4) is 0 Å². The van der Waals surface area contributed by atoms with E-state index in [0.717, 1.165) is 12.0 Å². The summed E-state index contributed by atoms with van der Waals surface area (Å²) in [5.74, 6) is -1.53. The zero-order chi connectivity index (χ0) is 15.2. The summed E-state index contributed by atoms with van der Waals surface area (Å²) in [5, 5.41) is 11.8. The van der Waals surface area contributed by atoms with E-state index in [4.69, 9.17) is 5.11 Å². The molecule has 1 atom stereocenters. The van der Waals surface area contributed by atoms with Crippen LogP contribution in [0.1, 0.15) is 45.9 Å². The number of hydrogen-bond acceptors (Lipinski definition) is 3. The highest BCUT2D eigenvalue weighted by Crippen LogP contribution is 2.16. The number of hydrogen-bond donors (Lipinski definition) is 2. The summed E-state index contributed by atoms with van der Waals surface area (Å²) >= 11 is 0.